The van der Waals surface area contributed by atoms with E-state index in [1.54, 1.807) is 7.11 Å². The number of nitrogens with one attached hydrogen (secondary N) is 1. The first-order valence-electron chi connectivity index (χ1n) is 7.01. The Bertz CT molecular complexity index is 584. The predicted octanol–water partition coefficient (Wildman–Crippen LogP) is 3.12. The van der Waals surface area contributed by atoms with Crippen LogP contribution in [0, 0.1) is 6.92 Å². The number of hydrogen-bond acceptors (Lipinski definition) is 4. The highest BCUT2D eigenvalue weighted by Crippen LogP contribution is 2.30. The van der Waals surface area contributed by atoms with Crippen molar-refractivity contribution >= 4 is 16.6 Å². The number of para-hydroxylation sites is 1. The van der Waals surface area contributed by atoms with Gasteiger partial charge in [0.2, 0.25) is 0 Å². The SMILES string of the molecule is CCC(CCO)Nc1cc(C)nc2c(OC)cccc12. The fourth-order valence-electron chi connectivity index (χ4n) is 2.39. The zero-order chi connectivity index (χ0) is 14.5. The molecule has 1 aromatic carbocycles. The summed E-state index contributed by atoms with van der Waals surface area (Å²) in [6.45, 7) is 4.28. The molecule has 4 heteroatoms. The minimum atomic E-state index is 0.191. The van der Waals surface area contributed by atoms with Crippen LogP contribution in [0.3, 0.4) is 0 Å². The maximum Gasteiger partial charge on any atom is 0.145 e. The van der Waals surface area contributed by atoms with Crippen LogP contribution < -0.4 is 10.1 Å². The van der Waals surface area contributed by atoms with Gasteiger partial charge in [-0.2, -0.15) is 0 Å². The summed E-state index contributed by atoms with van der Waals surface area (Å²) in [7, 11) is 1.66. The van der Waals surface area contributed by atoms with E-state index in [2.05, 4.69) is 17.2 Å². The standard InChI is InChI=1S/C16H22N2O2/c1-4-12(8-9-19)18-14-10-11(2)17-16-13(14)6-5-7-15(16)20-3/h5-7,10,12,19H,4,8-9H2,1-3H3,(H,17,18). The molecule has 1 aromatic heterocycles. The maximum absolute atomic E-state index is 9.12. The van der Waals surface area contributed by atoms with Gasteiger partial charge in [-0.15, -0.1) is 0 Å². The zero-order valence-corrected chi connectivity index (χ0v) is 12.3. The fourth-order valence-corrected chi connectivity index (χ4v) is 2.39. The summed E-state index contributed by atoms with van der Waals surface area (Å²) in [5, 5.41) is 13.7. The molecular weight excluding hydrogens is 252 g/mol. The van der Waals surface area contributed by atoms with Crippen LogP contribution in [0.4, 0.5) is 5.69 Å². The largest absolute Gasteiger partial charge is 0.494 e. The van der Waals surface area contributed by atoms with E-state index in [9.17, 15) is 0 Å². The van der Waals surface area contributed by atoms with Gasteiger partial charge in [0.05, 0.1) is 7.11 Å². The second-order valence-corrected chi connectivity index (χ2v) is 4.93. The van der Waals surface area contributed by atoms with E-state index >= 15 is 0 Å². The van der Waals surface area contributed by atoms with Crippen molar-refractivity contribution in [1.29, 1.82) is 0 Å². The number of pyridine rings is 1. The number of anilines is 1. The third-order valence-corrected chi connectivity index (χ3v) is 3.48. The number of aliphatic hydroxyl groups is 1. The Kier molecular flexibility index (Phi) is 4.79. The molecule has 0 aliphatic carbocycles. The van der Waals surface area contributed by atoms with Crippen molar-refractivity contribution in [3.63, 3.8) is 0 Å². The maximum atomic E-state index is 9.12. The molecule has 0 bridgehead atoms. The van der Waals surface area contributed by atoms with Gasteiger partial charge < -0.3 is 15.2 Å². The van der Waals surface area contributed by atoms with Crippen molar-refractivity contribution in [2.75, 3.05) is 19.0 Å². The summed E-state index contributed by atoms with van der Waals surface area (Å²) in [6, 6.07) is 8.23. The Hall–Kier alpha value is -1.81. The van der Waals surface area contributed by atoms with Crippen molar-refractivity contribution in [2.45, 2.75) is 32.7 Å². The van der Waals surface area contributed by atoms with Crippen molar-refractivity contribution in [1.82, 2.24) is 4.98 Å². The number of hydrogen-bond donors (Lipinski definition) is 2. The van der Waals surface area contributed by atoms with Gasteiger partial charge in [-0.1, -0.05) is 19.1 Å². The minimum Gasteiger partial charge on any atom is -0.494 e. The van der Waals surface area contributed by atoms with Gasteiger partial charge in [-0.25, -0.2) is 4.98 Å². The minimum absolute atomic E-state index is 0.191. The lowest BCUT2D eigenvalue weighted by Gasteiger charge is -2.19. The number of aromatic nitrogens is 1. The number of nitrogens with zero attached hydrogens (tertiary/aromatic N) is 1. The smallest absolute Gasteiger partial charge is 0.145 e. The Labute approximate surface area is 119 Å². The molecule has 0 saturated heterocycles. The Balaban J connectivity index is 2.47. The van der Waals surface area contributed by atoms with Gasteiger partial charge in [-0.05, 0) is 31.9 Å². The van der Waals surface area contributed by atoms with Crippen molar-refractivity contribution in [2.24, 2.45) is 0 Å². The number of rotatable bonds is 6. The molecule has 2 N–H and O–H groups in total. The van der Waals surface area contributed by atoms with Crippen LogP contribution in [-0.2, 0) is 0 Å². The lowest BCUT2D eigenvalue weighted by Crippen LogP contribution is -2.20. The Morgan fingerprint density at radius 2 is 2.20 bits per heavy atom. The van der Waals surface area contributed by atoms with Crippen LogP contribution in [0.2, 0.25) is 0 Å². The molecule has 0 aliphatic heterocycles. The van der Waals surface area contributed by atoms with Crippen LogP contribution in [0.5, 0.6) is 5.75 Å². The summed E-state index contributed by atoms with van der Waals surface area (Å²) < 4.78 is 5.39. The monoisotopic (exact) mass is 274 g/mol. The summed E-state index contributed by atoms with van der Waals surface area (Å²) in [5.74, 6) is 0.782. The van der Waals surface area contributed by atoms with E-state index in [0.29, 0.717) is 0 Å². The molecule has 4 nitrogen and oxygen atoms in total. The quantitative estimate of drug-likeness (QED) is 0.849. The highest BCUT2D eigenvalue weighted by atomic mass is 16.5. The van der Waals surface area contributed by atoms with Crippen LogP contribution in [0.15, 0.2) is 24.3 Å². The van der Waals surface area contributed by atoms with E-state index in [-0.39, 0.29) is 12.6 Å². The van der Waals surface area contributed by atoms with Crippen LogP contribution in [-0.4, -0.2) is 29.8 Å². The van der Waals surface area contributed by atoms with E-state index in [0.717, 1.165) is 40.9 Å². The first-order valence-corrected chi connectivity index (χ1v) is 7.01. The van der Waals surface area contributed by atoms with E-state index < -0.39 is 0 Å². The molecule has 0 fully saturated rings. The van der Waals surface area contributed by atoms with E-state index in [1.807, 2.05) is 31.2 Å². The second-order valence-electron chi connectivity index (χ2n) is 4.93. The van der Waals surface area contributed by atoms with Gasteiger partial charge in [0.25, 0.3) is 0 Å². The molecule has 0 amide bonds. The highest BCUT2D eigenvalue weighted by Gasteiger charge is 2.11. The number of ether oxygens (including phenoxy) is 1. The molecule has 2 rings (SSSR count). The number of methoxy groups -OCH3 is 1. The lowest BCUT2D eigenvalue weighted by molar-refractivity contribution is 0.278. The molecule has 2 aromatic rings. The van der Waals surface area contributed by atoms with Gasteiger partial charge >= 0.3 is 0 Å². The highest BCUT2D eigenvalue weighted by molar-refractivity contribution is 5.95. The number of fused-ring (bicyclic) bond motifs is 1. The first-order chi connectivity index (χ1) is 9.69. The van der Waals surface area contributed by atoms with Crippen molar-refractivity contribution in [3.05, 3.63) is 30.0 Å². The van der Waals surface area contributed by atoms with Crippen LogP contribution >= 0.6 is 0 Å². The third-order valence-electron chi connectivity index (χ3n) is 3.48. The normalized spacial score (nSPS) is 12.4. The van der Waals surface area contributed by atoms with Gasteiger partial charge in [0.1, 0.15) is 11.3 Å². The van der Waals surface area contributed by atoms with Gasteiger partial charge in [0.15, 0.2) is 0 Å². The van der Waals surface area contributed by atoms with Crippen molar-refractivity contribution in [3.8, 4) is 5.75 Å². The summed E-state index contributed by atoms with van der Waals surface area (Å²) in [5.41, 5.74) is 2.87. The van der Waals surface area contributed by atoms with Crippen LogP contribution in [0.25, 0.3) is 10.9 Å². The van der Waals surface area contributed by atoms with Gasteiger partial charge in [0, 0.05) is 29.4 Å². The van der Waals surface area contributed by atoms with Crippen molar-refractivity contribution < 1.29 is 9.84 Å². The molecule has 0 aliphatic rings. The van der Waals surface area contributed by atoms with Gasteiger partial charge in [-0.3, -0.25) is 0 Å². The molecule has 1 atom stereocenters. The summed E-state index contributed by atoms with van der Waals surface area (Å²) in [6.07, 6.45) is 1.71. The predicted molar refractivity (Wildman–Crippen MR) is 82.4 cm³/mol. The van der Waals surface area contributed by atoms with E-state index in [1.165, 1.54) is 0 Å². The lowest BCUT2D eigenvalue weighted by atomic mass is 10.1. The fraction of sp³-hybridized carbons (Fsp3) is 0.438. The summed E-state index contributed by atoms with van der Waals surface area (Å²) >= 11 is 0. The number of aryl methyl sites for hydroxylation is 1. The zero-order valence-electron chi connectivity index (χ0n) is 12.3. The number of aliphatic hydroxyl groups excluding tert-OH is 1. The topological polar surface area (TPSA) is 54.4 Å². The molecule has 1 unspecified atom stereocenters. The average Bonchev–Trinajstić information content (AvgIpc) is 2.46. The number of benzene rings is 1. The summed E-state index contributed by atoms with van der Waals surface area (Å²) in [4.78, 5) is 4.57. The molecular formula is C16H22N2O2. The molecule has 0 saturated carbocycles. The first kappa shape index (κ1) is 14.6. The molecule has 108 valence electrons. The molecule has 0 spiro atoms. The third kappa shape index (κ3) is 3.02. The van der Waals surface area contributed by atoms with E-state index in [4.69, 9.17) is 9.84 Å². The molecule has 0 radical (unpaired) electrons. The molecule has 20 heavy (non-hydrogen) atoms. The second kappa shape index (κ2) is 6.57. The Morgan fingerprint density at radius 1 is 1.40 bits per heavy atom. The van der Waals surface area contributed by atoms with Crippen LogP contribution in [0.1, 0.15) is 25.5 Å². The molecule has 1 heterocycles. The Morgan fingerprint density at radius 3 is 2.85 bits per heavy atom. The average molecular weight is 274 g/mol.